The monoisotopic (exact) mass is 370 g/mol. The molecule has 1 fully saturated rings. The van der Waals surface area contributed by atoms with E-state index in [0.717, 1.165) is 17.3 Å². The summed E-state index contributed by atoms with van der Waals surface area (Å²) in [4.78, 5) is 0. The molecule has 0 N–H and O–H groups in total. The Bertz CT molecular complexity index is 257. The van der Waals surface area contributed by atoms with Crippen molar-refractivity contribution in [1.29, 1.82) is 0 Å². The Morgan fingerprint density at radius 1 is 1.44 bits per heavy atom. The third-order valence-electron chi connectivity index (χ3n) is 2.80. The number of methoxy groups -OCH3 is 1. The number of halogens is 1. The molecule has 0 aromatic rings. The van der Waals surface area contributed by atoms with Gasteiger partial charge in [0.15, 0.2) is 5.79 Å². The van der Waals surface area contributed by atoms with Gasteiger partial charge in [-0.05, 0) is 26.7 Å². The van der Waals surface area contributed by atoms with Crippen LogP contribution in [0.1, 0.15) is 26.7 Å². The molecule has 0 unspecified atom stereocenters. The molecule has 0 aromatic heterocycles. The Morgan fingerprint density at radius 2 is 2.17 bits per heavy atom. The van der Waals surface area contributed by atoms with Crippen molar-refractivity contribution < 1.29 is 18.9 Å². The average molecular weight is 370 g/mol. The van der Waals surface area contributed by atoms with E-state index in [9.17, 15) is 0 Å². The molecule has 5 heteroatoms. The first-order valence-corrected chi connectivity index (χ1v) is 7.69. The molecule has 106 valence electrons. The number of rotatable bonds is 8. The molecule has 1 saturated heterocycles. The highest BCUT2D eigenvalue weighted by atomic mass is 127. The Kier molecular flexibility index (Phi) is 7.08. The molecule has 0 spiro atoms. The summed E-state index contributed by atoms with van der Waals surface area (Å²) in [5, 5.41) is 0. The molecular weight excluding hydrogens is 347 g/mol. The van der Waals surface area contributed by atoms with Crippen molar-refractivity contribution in [2.24, 2.45) is 0 Å². The van der Waals surface area contributed by atoms with Crippen LogP contribution in [-0.2, 0) is 18.9 Å². The number of ether oxygens (including phenoxy) is 4. The minimum absolute atomic E-state index is 0.0236. The van der Waals surface area contributed by atoms with E-state index in [0.29, 0.717) is 0 Å². The maximum atomic E-state index is 5.97. The van der Waals surface area contributed by atoms with E-state index in [4.69, 9.17) is 18.9 Å². The van der Waals surface area contributed by atoms with E-state index in [-0.39, 0.29) is 25.1 Å². The van der Waals surface area contributed by atoms with Gasteiger partial charge in [-0.1, -0.05) is 28.7 Å². The lowest BCUT2D eigenvalue weighted by atomic mass is 10.0. The topological polar surface area (TPSA) is 36.9 Å². The van der Waals surface area contributed by atoms with E-state index in [2.05, 4.69) is 29.2 Å². The second kappa shape index (κ2) is 7.79. The van der Waals surface area contributed by atoms with Crippen LogP contribution < -0.4 is 0 Å². The van der Waals surface area contributed by atoms with Gasteiger partial charge in [0.2, 0.25) is 0 Å². The molecular formula is C13H23IO4. The minimum Gasteiger partial charge on any atom is -0.359 e. The van der Waals surface area contributed by atoms with Crippen molar-refractivity contribution in [3.63, 3.8) is 0 Å². The molecule has 0 bridgehead atoms. The highest BCUT2D eigenvalue weighted by Gasteiger charge is 2.44. The maximum absolute atomic E-state index is 5.97. The Hall–Kier alpha value is 0.310. The normalized spacial score (nSPS) is 28.2. The summed E-state index contributed by atoms with van der Waals surface area (Å²) in [6.45, 7) is 7.90. The predicted molar refractivity (Wildman–Crippen MR) is 78.9 cm³/mol. The average Bonchev–Trinajstić information content (AvgIpc) is 2.65. The van der Waals surface area contributed by atoms with E-state index in [1.165, 1.54) is 0 Å². The molecule has 1 heterocycles. The van der Waals surface area contributed by atoms with Gasteiger partial charge in [-0.25, -0.2) is 0 Å². The van der Waals surface area contributed by atoms with Crippen molar-refractivity contribution in [2.75, 3.05) is 18.3 Å². The second-order valence-electron chi connectivity index (χ2n) is 4.77. The van der Waals surface area contributed by atoms with Crippen molar-refractivity contribution in [3.05, 3.63) is 12.7 Å². The van der Waals surface area contributed by atoms with E-state index in [1.807, 2.05) is 19.9 Å². The molecule has 1 aliphatic heterocycles. The largest absolute Gasteiger partial charge is 0.359 e. The van der Waals surface area contributed by atoms with Gasteiger partial charge in [-0.3, -0.25) is 0 Å². The first kappa shape index (κ1) is 16.4. The lowest BCUT2D eigenvalue weighted by molar-refractivity contribution is -0.170. The summed E-state index contributed by atoms with van der Waals surface area (Å²) in [6, 6.07) is 0. The van der Waals surface area contributed by atoms with E-state index < -0.39 is 5.79 Å². The SMILES string of the molecule is C=CCC[C@@H](OCOC)[C@@H]1OC(C)(C)O[C@H]1CI. The zero-order valence-corrected chi connectivity index (χ0v) is 13.5. The van der Waals surface area contributed by atoms with Crippen molar-refractivity contribution in [2.45, 2.75) is 50.8 Å². The molecule has 4 nitrogen and oxygen atoms in total. The maximum Gasteiger partial charge on any atom is 0.163 e. The van der Waals surface area contributed by atoms with Crippen LogP contribution in [0.15, 0.2) is 12.7 Å². The Morgan fingerprint density at radius 3 is 2.72 bits per heavy atom. The molecule has 0 aromatic carbocycles. The van der Waals surface area contributed by atoms with Crippen molar-refractivity contribution >= 4 is 22.6 Å². The highest BCUT2D eigenvalue weighted by Crippen LogP contribution is 2.33. The fraction of sp³-hybridized carbons (Fsp3) is 0.846. The molecule has 3 atom stereocenters. The second-order valence-corrected chi connectivity index (χ2v) is 5.65. The summed E-state index contributed by atoms with van der Waals surface area (Å²) in [5.74, 6) is -0.538. The van der Waals surface area contributed by atoms with Crippen LogP contribution in [0.4, 0.5) is 0 Å². The fourth-order valence-electron chi connectivity index (χ4n) is 2.08. The van der Waals surface area contributed by atoms with Gasteiger partial charge in [0.1, 0.15) is 12.9 Å². The van der Waals surface area contributed by atoms with Crippen LogP contribution in [0, 0.1) is 0 Å². The Labute approximate surface area is 123 Å². The number of alkyl halides is 1. The number of hydrogen-bond acceptors (Lipinski definition) is 4. The Balaban J connectivity index is 2.66. The van der Waals surface area contributed by atoms with Crippen LogP contribution >= 0.6 is 22.6 Å². The molecule has 0 aliphatic carbocycles. The molecule has 1 aliphatic rings. The van der Waals surface area contributed by atoms with Gasteiger partial charge in [0.05, 0.1) is 12.2 Å². The van der Waals surface area contributed by atoms with Crippen molar-refractivity contribution in [3.8, 4) is 0 Å². The van der Waals surface area contributed by atoms with Gasteiger partial charge in [0, 0.05) is 11.5 Å². The molecule has 0 radical (unpaired) electrons. The number of hydrogen-bond donors (Lipinski definition) is 0. The molecule has 0 amide bonds. The fourth-order valence-corrected chi connectivity index (χ4v) is 2.76. The summed E-state index contributed by atoms with van der Waals surface area (Å²) in [7, 11) is 1.62. The van der Waals surface area contributed by atoms with E-state index in [1.54, 1.807) is 7.11 Å². The highest BCUT2D eigenvalue weighted by molar-refractivity contribution is 14.1. The molecule has 0 saturated carbocycles. The first-order chi connectivity index (χ1) is 8.54. The van der Waals surface area contributed by atoms with Gasteiger partial charge in [-0.2, -0.15) is 0 Å². The zero-order valence-electron chi connectivity index (χ0n) is 11.4. The van der Waals surface area contributed by atoms with Crippen molar-refractivity contribution in [1.82, 2.24) is 0 Å². The quantitative estimate of drug-likeness (QED) is 0.285. The zero-order chi connectivity index (χ0) is 13.6. The minimum atomic E-state index is -0.538. The van der Waals surface area contributed by atoms with Gasteiger partial charge in [-0.15, -0.1) is 6.58 Å². The van der Waals surface area contributed by atoms with Crippen LogP contribution in [0.3, 0.4) is 0 Å². The first-order valence-electron chi connectivity index (χ1n) is 6.17. The molecule has 1 rings (SSSR count). The van der Waals surface area contributed by atoms with Gasteiger partial charge in [0.25, 0.3) is 0 Å². The smallest absolute Gasteiger partial charge is 0.163 e. The summed E-state index contributed by atoms with van der Waals surface area (Å²) < 4.78 is 23.4. The van der Waals surface area contributed by atoms with Crippen LogP contribution in [0.25, 0.3) is 0 Å². The van der Waals surface area contributed by atoms with Gasteiger partial charge < -0.3 is 18.9 Å². The summed E-state index contributed by atoms with van der Waals surface area (Å²) in [6.07, 6.45) is 3.64. The lowest BCUT2D eigenvalue weighted by Gasteiger charge is -2.25. The summed E-state index contributed by atoms with van der Waals surface area (Å²) in [5.41, 5.74) is 0. The standard InChI is InChI=1S/C13H23IO4/c1-5-6-7-10(16-9-15-4)12-11(8-14)17-13(2,3)18-12/h5,10-12H,1,6-9H2,2-4H3/t10-,11+,12+/m1/s1. The predicted octanol–water partition coefficient (Wildman–Crippen LogP) is 2.90. The van der Waals surface area contributed by atoms with Crippen LogP contribution in [0.2, 0.25) is 0 Å². The van der Waals surface area contributed by atoms with E-state index >= 15 is 0 Å². The number of allylic oxidation sites excluding steroid dienone is 1. The third kappa shape index (κ3) is 4.77. The summed E-state index contributed by atoms with van der Waals surface area (Å²) >= 11 is 2.32. The van der Waals surface area contributed by atoms with Gasteiger partial charge >= 0.3 is 0 Å². The lowest BCUT2D eigenvalue weighted by Crippen LogP contribution is -2.38. The molecule has 18 heavy (non-hydrogen) atoms. The van der Waals surface area contributed by atoms with Crippen LogP contribution in [0.5, 0.6) is 0 Å². The third-order valence-corrected chi connectivity index (χ3v) is 3.66. The van der Waals surface area contributed by atoms with Crippen LogP contribution in [-0.4, -0.2) is 42.4 Å².